The summed E-state index contributed by atoms with van der Waals surface area (Å²) in [5.74, 6) is -14.2. The first-order valence-electron chi connectivity index (χ1n) is 7.67. The molecule has 0 saturated carbocycles. The number of phenolic OH excluding ortho intramolecular Hbond substituents is 2. The number of amides is 1. The summed E-state index contributed by atoms with van der Waals surface area (Å²) < 4.78 is 68.7. The van der Waals surface area contributed by atoms with Crippen LogP contribution in [-0.4, -0.2) is 16.1 Å². The maximum absolute atomic E-state index is 14.1. The molecule has 0 heterocycles. The molecule has 0 aromatic heterocycles. The zero-order valence-corrected chi connectivity index (χ0v) is 13.8. The van der Waals surface area contributed by atoms with Gasteiger partial charge in [0.2, 0.25) is 5.82 Å². The number of para-hydroxylation sites is 1. The number of aromatic hydroxyl groups is 2. The minimum atomic E-state index is -2.40. The number of phenols is 2. The summed E-state index contributed by atoms with van der Waals surface area (Å²) in [6.45, 7) is 0. The first-order chi connectivity index (χ1) is 13.2. The Hall–Kier alpha value is -3.62. The Labute approximate surface area is 154 Å². The van der Waals surface area contributed by atoms with Crippen LogP contribution < -0.4 is 4.90 Å². The molecule has 0 spiro atoms. The smallest absolute Gasteiger partial charge is 0.269 e. The minimum Gasteiger partial charge on any atom is -0.508 e. The first kappa shape index (κ1) is 19.2. The summed E-state index contributed by atoms with van der Waals surface area (Å²) >= 11 is 0. The van der Waals surface area contributed by atoms with Gasteiger partial charge in [-0.1, -0.05) is 18.2 Å². The van der Waals surface area contributed by atoms with Crippen LogP contribution in [0.1, 0.15) is 10.4 Å². The Morgan fingerprint density at radius 1 is 0.750 bits per heavy atom. The average Bonchev–Trinajstić information content (AvgIpc) is 2.69. The van der Waals surface area contributed by atoms with Crippen LogP contribution >= 0.6 is 0 Å². The van der Waals surface area contributed by atoms with Gasteiger partial charge in [0.05, 0.1) is 5.69 Å². The van der Waals surface area contributed by atoms with E-state index in [2.05, 4.69) is 0 Å². The van der Waals surface area contributed by atoms with Crippen molar-refractivity contribution in [1.29, 1.82) is 0 Å². The van der Waals surface area contributed by atoms with E-state index in [4.69, 9.17) is 0 Å². The van der Waals surface area contributed by atoms with E-state index in [9.17, 15) is 37.0 Å². The molecule has 0 aliphatic rings. The largest absolute Gasteiger partial charge is 0.508 e. The van der Waals surface area contributed by atoms with Crippen molar-refractivity contribution in [2.45, 2.75) is 0 Å². The van der Waals surface area contributed by atoms with Gasteiger partial charge in [-0.15, -0.1) is 0 Å². The van der Waals surface area contributed by atoms with E-state index < -0.39 is 57.7 Å². The third-order valence-corrected chi connectivity index (χ3v) is 3.84. The molecule has 2 N–H and O–H groups in total. The van der Waals surface area contributed by atoms with Gasteiger partial charge in [0.25, 0.3) is 5.91 Å². The van der Waals surface area contributed by atoms with Crippen LogP contribution in [0.15, 0.2) is 48.5 Å². The van der Waals surface area contributed by atoms with Crippen molar-refractivity contribution in [2.24, 2.45) is 0 Å². The number of nitrogens with zero attached hydrogens (tertiary/aromatic N) is 1. The maximum Gasteiger partial charge on any atom is 0.269 e. The van der Waals surface area contributed by atoms with Crippen molar-refractivity contribution < 1.29 is 37.0 Å². The van der Waals surface area contributed by atoms with Gasteiger partial charge in [0, 0.05) is 11.8 Å². The molecule has 3 aromatic carbocycles. The van der Waals surface area contributed by atoms with Gasteiger partial charge < -0.3 is 10.2 Å². The average molecular weight is 395 g/mol. The van der Waals surface area contributed by atoms with E-state index in [1.54, 1.807) is 6.07 Å². The summed E-state index contributed by atoms with van der Waals surface area (Å²) in [7, 11) is 0. The fourth-order valence-electron chi connectivity index (χ4n) is 2.54. The molecule has 0 aliphatic carbocycles. The lowest BCUT2D eigenvalue weighted by Crippen LogP contribution is -2.29. The quantitative estimate of drug-likeness (QED) is 0.291. The van der Waals surface area contributed by atoms with Crippen molar-refractivity contribution >= 4 is 17.3 Å². The topological polar surface area (TPSA) is 60.8 Å². The van der Waals surface area contributed by atoms with Gasteiger partial charge in [-0.05, 0) is 24.3 Å². The fourth-order valence-corrected chi connectivity index (χ4v) is 2.54. The Bertz CT molecular complexity index is 1040. The number of anilines is 2. The number of carbonyl (C=O) groups is 1. The Morgan fingerprint density at radius 3 is 1.86 bits per heavy atom. The molecule has 28 heavy (non-hydrogen) atoms. The maximum atomic E-state index is 14.1. The third kappa shape index (κ3) is 3.11. The number of benzene rings is 3. The third-order valence-electron chi connectivity index (χ3n) is 3.84. The zero-order chi connectivity index (χ0) is 20.6. The first-order valence-corrected chi connectivity index (χ1v) is 7.67. The molecule has 0 saturated heterocycles. The number of rotatable bonds is 3. The van der Waals surface area contributed by atoms with Gasteiger partial charge in [0.1, 0.15) is 17.1 Å². The van der Waals surface area contributed by atoms with Crippen LogP contribution in [0.3, 0.4) is 0 Å². The van der Waals surface area contributed by atoms with Crippen LogP contribution in [0.4, 0.5) is 33.3 Å². The van der Waals surface area contributed by atoms with Gasteiger partial charge in [0.15, 0.2) is 23.3 Å². The molecule has 0 bridgehead atoms. The summed E-state index contributed by atoms with van der Waals surface area (Å²) in [4.78, 5) is 13.4. The normalized spacial score (nSPS) is 10.8. The molecule has 0 unspecified atom stereocenters. The highest BCUT2D eigenvalue weighted by molar-refractivity contribution is 6.12. The summed E-state index contributed by atoms with van der Waals surface area (Å²) in [6, 6.07) is 9.99. The predicted octanol–water partition coefficient (Wildman–Crippen LogP) is 4.77. The Morgan fingerprint density at radius 2 is 1.29 bits per heavy atom. The molecular weight excluding hydrogens is 385 g/mol. The van der Waals surface area contributed by atoms with Gasteiger partial charge >= 0.3 is 0 Å². The highest BCUT2D eigenvalue weighted by Gasteiger charge is 2.34. The molecular formula is C19H10F5NO3. The van der Waals surface area contributed by atoms with Gasteiger partial charge in [-0.25, -0.2) is 22.0 Å². The second-order valence-electron chi connectivity index (χ2n) is 5.59. The van der Waals surface area contributed by atoms with Crippen LogP contribution in [-0.2, 0) is 0 Å². The molecule has 4 nitrogen and oxygen atoms in total. The predicted molar refractivity (Wildman–Crippen MR) is 88.9 cm³/mol. The lowest BCUT2D eigenvalue weighted by molar-refractivity contribution is 0.0987. The van der Waals surface area contributed by atoms with Crippen molar-refractivity contribution in [3.05, 3.63) is 83.2 Å². The van der Waals surface area contributed by atoms with E-state index >= 15 is 0 Å². The second-order valence-corrected chi connectivity index (χ2v) is 5.59. The molecule has 9 heteroatoms. The monoisotopic (exact) mass is 395 g/mol. The molecule has 0 radical (unpaired) electrons. The van der Waals surface area contributed by atoms with E-state index in [0.29, 0.717) is 4.90 Å². The fraction of sp³-hybridized carbons (Fsp3) is 0. The zero-order valence-electron chi connectivity index (χ0n) is 13.8. The minimum absolute atomic E-state index is 0.0580. The second kappa shape index (κ2) is 7.18. The van der Waals surface area contributed by atoms with E-state index in [1.165, 1.54) is 24.3 Å². The standard InChI is InChI=1S/C19H10F5NO3/c20-14-13(15(21)17(23)18(24)16(14)22)19(28)25(9-4-2-1-3-5-9)11-8-10(26)6-7-12(11)27/h1-8,26-27H. The molecule has 0 atom stereocenters. The molecule has 3 aromatic rings. The van der Waals surface area contributed by atoms with E-state index in [0.717, 1.165) is 18.2 Å². The van der Waals surface area contributed by atoms with Crippen LogP contribution in [0.25, 0.3) is 0 Å². The molecule has 0 aliphatic heterocycles. The van der Waals surface area contributed by atoms with Crippen molar-refractivity contribution in [3.8, 4) is 11.5 Å². The van der Waals surface area contributed by atoms with Crippen LogP contribution in [0.2, 0.25) is 0 Å². The Kier molecular flexibility index (Phi) is 4.91. The van der Waals surface area contributed by atoms with Crippen LogP contribution in [0.5, 0.6) is 11.5 Å². The number of carbonyl (C=O) groups excluding carboxylic acids is 1. The SMILES string of the molecule is O=C(c1c(F)c(F)c(F)c(F)c1F)N(c1ccccc1)c1cc(O)ccc1O. The van der Waals surface area contributed by atoms with Gasteiger partial charge in [-0.2, -0.15) is 0 Å². The summed E-state index contributed by atoms with van der Waals surface area (Å²) in [5, 5.41) is 19.7. The molecule has 3 rings (SSSR count). The van der Waals surface area contributed by atoms with Crippen molar-refractivity contribution in [3.63, 3.8) is 0 Å². The van der Waals surface area contributed by atoms with Gasteiger partial charge in [-0.3, -0.25) is 9.69 Å². The van der Waals surface area contributed by atoms with Crippen molar-refractivity contribution in [1.82, 2.24) is 0 Å². The highest BCUT2D eigenvalue weighted by atomic mass is 19.2. The molecule has 1 amide bonds. The number of hydrogen-bond donors (Lipinski definition) is 2. The summed E-state index contributed by atoms with van der Waals surface area (Å²) in [5.41, 5.74) is -2.19. The number of hydrogen-bond acceptors (Lipinski definition) is 3. The molecule has 0 fully saturated rings. The van der Waals surface area contributed by atoms with Crippen LogP contribution in [0, 0.1) is 29.1 Å². The number of halogens is 5. The van der Waals surface area contributed by atoms with E-state index in [1.807, 2.05) is 0 Å². The molecule has 144 valence electrons. The van der Waals surface area contributed by atoms with E-state index in [-0.39, 0.29) is 5.69 Å². The Balaban J connectivity index is 2.29. The van der Waals surface area contributed by atoms with Crippen molar-refractivity contribution in [2.75, 3.05) is 4.90 Å². The lowest BCUT2D eigenvalue weighted by Gasteiger charge is -2.24. The lowest BCUT2D eigenvalue weighted by atomic mass is 10.1. The summed E-state index contributed by atoms with van der Waals surface area (Å²) in [6.07, 6.45) is 0. The highest BCUT2D eigenvalue weighted by Crippen LogP contribution is 2.38.